The van der Waals surface area contributed by atoms with Crippen molar-refractivity contribution in [3.8, 4) is 0 Å². The normalized spacial score (nSPS) is 25.1. The van der Waals surface area contributed by atoms with E-state index in [9.17, 15) is 4.79 Å². The van der Waals surface area contributed by atoms with Gasteiger partial charge < -0.3 is 5.11 Å². The number of hydrogen-bond acceptors (Lipinski definition) is 2. The molecule has 0 radical (unpaired) electrons. The fourth-order valence-electron chi connectivity index (χ4n) is 2.90. The highest BCUT2D eigenvalue weighted by atomic mass is 16.4. The number of rotatable bonds is 5. The molecule has 0 spiro atoms. The fraction of sp³-hybridized carbons (Fsp3) is 0.929. The molecule has 0 unspecified atom stereocenters. The van der Waals surface area contributed by atoms with Crippen LogP contribution in [-0.4, -0.2) is 35.1 Å². The third-order valence-corrected chi connectivity index (χ3v) is 4.35. The van der Waals surface area contributed by atoms with Gasteiger partial charge in [0.25, 0.3) is 0 Å². The predicted molar refractivity (Wildman–Crippen MR) is 68.0 cm³/mol. The molecule has 0 amide bonds. The van der Waals surface area contributed by atoms with Gasteiger partial charge in [0.2, 0.25) is 0 Å². The third-order valence-electron chi connectivity index (χ3n) is 4.35. The molecular weight excluding hydrogens is 214 g/mol. The molecule has 3 nitrogen and oxygen atoms in total. The summed E-state index contributed by atoms with van der Waals surface area (Å²) >= 11 is 0. The Kier molecular flexibility index (Phi) is 3.76. The van der Waals surface area contributed by atoms with E-state index in [0.717, 1.165) is 12.5 Å². The number of aliphatic carboxylic acids is 1. The molecule has 2 rings (SSSR count). The van der Waals surface area contributed by atoms with Crippen LogP contribution in [0.1, 0.15) is 52.4 Å². The van der Waals surface area contributed by atoms with E-state index in [1.165, 1.54) is 38.5 Å². The first-order valence-electron chi connectivity index (χ1n) is 6.92. The summed E-state index contributed by atoms with van der Waals surface area (Å²) in [6.45, 7) is 5.90. The zero-order chi connectivity index (χ0) is 12.5. The quantitative estimate of drug-likeness (QED) is 0.802. The Morgan fingerprint density at radius 1 is 1.24 bits per heavy atom. The Balaban J connectivity index is 1.88. The van der Waals surface area contributed by atoms with Gasteiger partial charge in [0, 0.05) is 12.6 Å². The van der Waals surface area contributed by atoms with Crippen molar-refractivity contribution in [1.82, 2.24) is 4.90 Å². The summed E-state index contributed by atoms with van der Waals surface area (Å²) in [5.74, 6) is 0.111. The second kappa shape index (κ2) is 4.97. The summed E-state index contributed by atoms with van der Waals surface area (Å²) in [6.07, 6.45) is 7.42. The highest BCUT2D eigenvalue weighted by Crippen LogP contribution is 2.38. The van der Waals surface area contributed by atoms with Crippen LogP contribution in [0.15, 0.2) is 0 Å². The lowest BCUT2D eigenvalue weighted by atomic mass is 9.75. The molecule has 0 saturated heterocycles. The Labute approximate surface area is 104 Å². The lowest BCUT2D eigenvalue weighted by molar-refractivity contribution is -0.139. The third kappa shape index (κ3) is 3.98. The van der Waals surface area contributed by atoms with Crippen LogP contribution in [0.2, 0.25) is 0 Å². The van der Waals surface area contributed by atoms with E-state index >= 15 is 0 Å². The molecule has 0 heterocycles. The zero-order valence-corrected chi connectivity index (χ0v) is 11.1. The minimum atomic E-state index is -0.671. The Morgan fingerprint density at radius 3 is 2.29 bits per heavy atom. The fourth-order valence-corrected chi connectivity index (χ4v) is 2.90. The molecule has 98 valence electrons. The van der Waals surface area contributed by atoms with E-state index in [1.807, 2.05) is 0 Å². The molecule has 0 aromatic heterocycles. The van der Waals surface area contributed by atoms with Crippen LogP contribution in [-0.2, 0) is 4.79 Å². The van der Waals surface area contributed by atoms with Crippen molar-refractivity contribution in [2.24, 2.45) is 11.3 Å². The molecule has 3 heteroatoms. The number of carboxylic acid groups (broad SMARTS) is 1. The van der Waals surface area contributed by atoms with Crippen molar-refractivity contribution in [1.29, 1.82) is 0 Å². The van der Waals surface area contributed by atoms with Crippen LogP contribution in [0.5, 0.6) is 0 Å². The van der Waals surface area contributed by atoms with Crippen LogP contribution in [0.25, 0.3) is 0 Å². The average Bonchev–Trinajstić information content (AvgIpc) is 3.00. The Hall–Kier alpha value is -0.570. The van der Waals surface area contributed by atoms with Crippen molar-refractivity contribution >= 4 is 5.97 Å². The maximum Gasteiger partial charge on any atom is 0.317 e. The van der Waals surface area contributed by atoms with E-state index in [4.69, 9.17) is 5.11 Å². The van der Waals surface area contributed by atoms with Gasteiger partial charge in [-0.05, 0) is 49.9 Å². The Morgan fingerprint density at radius 2 is 1.82 bits per heavy atom. The summed E-state index contributed by atoms with van der Waals surface area (Å²) in [7, 11) is 0. The average molecular weight is 239 g/mol. The molecule has 0 aromatic carbocycles. The van der Waals surface area contributed by atoms with E-state index in [2.05, 4.69) is 18.7 Å². The van der Waals surface area contributed by atoms with E-state index in [0.29, 0.717) is 11.5 Å². The summed E-state index contributed by atoms with van der Waals surface area (Å²) in [5, 5.41) is 9.01. The van der Waals surface area contributed by atoms with Gasteiger partial charge in [0.05, 0.1) is 6.54 Å². The largest absolute Gasteiger partial charge is 0.480 e. The predicted octanol–water partition coefficient (Wildman–Crippen LogP) is 2.75. The van der Waals surface area contributed by atoms with Crippen LogP contribution < -0.4 is 0 Å². The van der Waals surface area contributed by atoms with Gasteiger partial charge in [-0.3, -0.25) is 9.69 Å². The minimum Gasteiger partial charge on any atom is -0.480 e. The second-order valence-electron chi connectivity index (χ2n) is 6.66. The molecule has 1 N–H and O–H groups in total. The van der Waals surface area contributed by atoms with Crippen LogP contribution in [0.3, 0.4) is 0 Å². The van der Waals surface area contributed by atoms with Gasteiger partial charge in [-0.15, -0.1) is 0 Å². The number of carboxylic acids is 1. The smallest absolute Gasteiger partial charge is 0.317 e. The molecule has 0 bridgehead atoms. The van der Waals surface area contributed by atoms with E-state index in [1.54, 1.807) is 0 Å². The number of carbonyl (C=O) groups is 1. The maximum absolute atomic E-state index is 10.9. The summed E-state index contributed by atoms with van der Waals surface area (Å²) < 4.78 is 0. The lowest BCUT2D eigenvalue weighted by Gasteiger charge is -2.39. The maximum atomic E-state index is 10.9. The topological polar surface area (TPSA) is 40.5 Å². The molecule has 0 aliphatic heterocycles. The SMILES string of the molecule is CC1(C)CCC(N(CC(=O)O)CC2CC2)CC1. The monoisotopic (exact) mass is 239 g/mol. The summed E-state index contributed by atoms with van der Waals surface area (Å²) in [4.78, 5) is 13.2. The van der Waals surface area contributed by atoms with Gasteiger partial charge in [-0.1, -0.05) is 13.8 Å². The van der Waals surface area contributed by atoms with E-state index < -0.39 is 5.97 Å². The van der Waals surface area contributed by atoms with Gasteiger partial charge in [0.1, 0.15) is 0 Å². The van der Waals surface area contributed by atoms with Crippen molar-refractivity contribution < 1.29 is 9.90 Å². The zero-order valence-electron chi connectivity index (χ0n) is 11.1. The van der Waals surface area contributed by atoms with Gasteiger partial charge in [-0.2, -0.15) is 0 Å². The lowest BCUT2D eigenvalue weighted by Crippen LogP contribution is -2.43. The molecule has 17 heavy (non-hydrogen) atoms. The van der Waals surface area contributed by atoms with Crippen molar-refractivity contribution in [3.63, 3.8) is 0 Å². The molecule has 2 saturated carbocycles. The number of hydrogen-bond donors (Lipinski definition) is 1. The Bertz CT molecular complexity index is 274. The first-order chi connectivity index (χ1) is 7.96. The van der Waals surface area contributed by atoms with Gasteiger partial charge in [0.15, 0.2) is 0 Å². The summed E-state index contributed by atoms with van der Waals surface area (Å²) in [5.41, 5.74) is 0.463. The molecular formula is C14H25NO2. The number of nitrogens with zero attached hydrogens (tertiary/aromatic N) is 1. The van der Waals surface area contributed by atoms with Crippen LogP contribution in [0, 0.1) is 11.3 Å². The first kappa shape index (κ1) is 12.9. The standard InChI is InChI=1S/C14H25NO2/c1-14(2)7-5-12(6-8-14)15(10-13(16)17)9-11-3-4-11/h11-12H,3-10H2,1-2H3,(H,16,17). The summed E-state index contributed by atoms with van der Waals surface area (Å²) in [6, 6.07) is 0.514. The molecule has 2 aliphatic carbocycles. The first-order valence-corrected chi connectivity index (χ1v) is 6.92. The molecule has 0 aromatic rings. The molecule has 2 aliphatic rings. The minimum absolute atomic E-state index is 0.238. The van der Waals surface area contributed by atoms with Crippen LogP contribution >= 0.6 is 0 Å². The van der Waals surface area contributed by atoms with Crippen LogP contribution in [0.4, 0.5) is 0 Å². The van der Waals surface area contributed by atoms with Crippen molar-refractivity contribution in [3.05, 3.63) is 0 Å². The van der Waals surface area contributed by atoms with Gasteiger partial charge in [-0.25, -0.2) is 0 Å². The van der Waals surface area contributed by atoms with Gasteiger partial charge >= 0.3 is 5.97 Å². The van der Waals surface area contributed by atoms with E-state index in [-0.39, 0.29) is 6.54 Å². The molecule has 0 atom stereocenters. The molecule has 2 fully saturated rings. The highest BCUT2D eigenvalue weighted by Gasteiger charge is 2.33. The highest BCUT2D eigenvalue weighted by molar-refractivity contribution is 5.69. The van der Waals surface area contributed by atoms with Crippen molar-refractivity contribution in [2.45, 2.75) is 58.4 Å². The second-order valence-corrected chi connectivity index (χ2v) is 6.66. The van der Waals surface area contributed by atoms with Crippen molar-refractivity contribution in [2.75, 3.05) is 13.1 Å².